The standard InChI is InChI=1S/C15H29NO2/c1-13-4-6-15(12-17,7-5-13)11-16-8-9-18-14(2,3)10-16/h13,17H,4-12H2,1-3H3. The van der Waals surface area contributed by atoms with Gasteiger partial charge in [0.1, 0.15) is 0 Å². The van der Waals surface area contributed by atoms with Gasteiger partial charge in [-0.15, -0.1) is 0 Å². The topological polar surface area (TPSA) is 32.7 Å². The van der Waals surface area contributed by atoms with E-state index in [2.05, 4.69) is 25.7 Å². The van der Waals surface area contributed by atoms with Crippen molar-refractivity contribution in [2.45, 2.75) is 52.1 Å². The van der Waals surface area contributed by atoms with Gasteiger partial charge >= 0.3 is 0 Å². The molecule has 1 aliphatic carbocycles. The number of morpholine rings is 1. The zero-order valence-electron chi connectivity index (χ0n) is 12.2. The van der Waals surface area contributed by atoms with Crippen molar-refractivity contribution < 1.29 is 9.84 Å². The second-order valence-corrected chi connectivity index (χ2v) is 7.16. The average molecular weight is 255 g/mol. The SMILES string of the molecule is CC1CCC(CO)(CN2CCOC(C)(C)C2)CC1. The highest BCUT2D eigenvalue weighted by Crippen LogP contribution is 2.39. The number of rotatable bonds is 3. The van der Waals surface area contributed by atoms with E-state index in [1.54, 1.807) is 0 Å². The number of hydrogen-bond acceptors (Lipinski definition) is 3. The number of aliphatic hydroxyl groups excluding tert-OH is 1. The fourth-order valence-electron chi connectivity index (χ4n) is 3.46. The largest absolute Gasteiger partial charge is 0.396 e. The summed E-state index contributed by atoms with van der Waals surface area (Å²) in [7, 11) is 0. The van der Waals surface area contributed by atoms with Crippen LogP contribution in [0.3, 0.4) is 0 Å². The molecule has 0 aromatic heterocycles. The number of hydrogen-bond donors (Lipinski definition) is 1. The molecule has 2 aliphatic rings. The quantitative estimate of drug-likeness (QED) is 0.840. The molecule has 0 aromatic rings. The molecule has 0 amide bonds. The Hall–Kier alpha value is -0.120. The van der Waals surface area contributed by atoms with Crippen LogP contribution in [-0.2, 0) is 4.74 Å². The van der Waals surface area contributed by atoms with Crippen molar-refractivity contribution in [2.24, 2.45) is 11.3 Å². The van der Waals surface area contributed by atoms with Gasteiger partial charge in [0.25, 0.3) is 0 Å². The molecule has 1 N–H and O–H groups in total. The molecule has 1 saturated carbocycles. The van der Waals surface area contributed by atoms with Gasteiger partial charge < -0.3 is 9.84 Å². The summed E-state index contributed by atoms with van der Waals surface area (Å²) in [5.41, 5.74) is 0.122. The van der Waals surface area contributed by atoms with Crippen molar-refractivity contribution in [2.75, 3.05) is 32.8 Å². The third-order valence-electron chi connectivity index (χ3n) is 4.73. The van der Waals surface area contributed by atoms with Gasteiger partial charge in [-0.25, -0.2) is 0 Å². The maximum absolute atomic E-state index is 9.83. The molecule has 106 valence electrons. The number of aliphatic hydroxyl groups is 1. The predicted octanol–water partition coefficient (Wildman–Crippen LogP) is 2.29. The molecule has 1 aliphatic heterocycles. The third-order valence-corrected chi connectivity index (χ3v) is 4.73. The third kappa shape index (κ3) is 3.46. The molecular formula is C15H29NO2. The van der Waals surface area contributed by atoms with E-state index in [1.165, 1.54) is 25.7 Å². The molecule has 0 unspecified atom stereocenters. The van der Waals surface area contributed by atoms with Gasteiger partial charge in [-0.3, -0.25) is 4.90 Å². The van der Waals surface area contributed by atoms with Crippen LogP contribution >= 0.6 is 0 Å². The van der Waals surface area contributed by atoms with E-state index in [0.717, 1.165) is 32.2 Å². The zero-order valence-corrected chi connectivity index (χ0v) is 12.2. The Labute approximate surface area is 112 Å². The van der Waals surface area contributed by atoms with E-state index < -0.39 is 0 Å². The van der Waals surface area contributed by atoms with Gasteiger partial charge in [-0.2, -0.15) is 0 Å². The summed E-state index contributed by atoms with van der Waals surface area (Å²) in [5.74, 6) is 0.839. The predicted molar refractivity (Wildman–Crippen MR) is 73.6 cm³/mol. The lowest BCUT2D eigenvalue weighted by molar-refractivity contribution is -0.101. The second-order valence-electron chi connectivity index (χ2n) is 7.16. The van der Waals surface area contributed by atoms with Crippen LogP contribution in [0, 0.1) is 11.3 Å². The summed E-state index contributed by atoms with van der Waals surface area (Å²) in [4.78, 5) is 2.50. The molecule has 0 spiro atoms. The first kappa shape index (κ1) is 14.3. The molecular weight excluding hydrogens is 226 g/mol. The van der Waals surface area contributed by atoms with Gasteiger partial charge in [0, 0.05) is 31.7 Å². The van der Waals surface area contributed by atoms with Crippen LogP contribution in [-0.4, -0.2) is 48.5 Å². The summed E-state index contributed by atoms with van der Waals surface area (Å²) in [5, 5.41) is 9.83. The van der Waals surface area contributed by atoms with E-state index in [9.17, 15) is 5.11 Å². The Morgan fingerprint density at radius 2 is 1.94 bits per heavy atom. The van der Waals surface area contributed by atoms with E-state index in [1.807, 2.05) is 0 Å². The Balaban J connectivity index is 1.93. The van der Waals surface area contributed by atoms with Gasteiger partial charge in [-0.05, 0) is 32.6 Å². The highest BCUT2D eigenvalue weighted by molar-refractivity contribution is 4.89. The lowest BCUT2D eigenvalue weighted by atomic mass is 9.71. The number of nitrogens with zero attached hydrogens (tertiary/aromatic N) is 1. The summed E-state index contributed by atoms with van der Waals surface area (Å²) < 4.78 is 5.76. The highest BCUT2D eigenvalue weighted by atomic mass is 16.5. The lowest BCUT2D eigenvalue weighted by Gasteiger charge is -2.45. The lowest BCUT2D eigenvalue weighted by Crippen LogP contribution is -2.52. The minimum atomic E-state index is -0.0309. The Kier molecular flexibility index (Phi) is 4.35. The fraction of sp³-hybridized carbons (Fsp3) is 1.00. The fourth-order valence-corrected chi connectivity index (χ4v) is 3.46. The van der Waals surface area contributed by atoms with Crippen molar-refractivity contribution in [3.8, 4) is 0 Å². The second kappa shape index (κ2) is 5.48. The first-order chi connectivity index (χ1) is 8.45. The maximum atomic E-state index is 9.83. The average Bonchev–Trinajstić information content (AvgIpc) is 2.31. The van der Waals surface area contributed by atoms with E-state index in [-0.39, 0.29) is 11.0 Å². The summed E-state index contributed by atoms with van der Waals surface area (Å²) in [6, 6.07) is 0. The normalized spacial score (nSPS) is 37.7. The minimum absolute atomic E-state index is 0.0309. The molecule has 3 heteroatoms. The molecule has 0 atom stereocenters. The molecule has 18 heavy (non-hydrogen) atoms. The van der Waals surface area contributed by atoms with Crippen LogP contribution in [0.15, 0.2) is 0 Å². The van der Waals surface area contributed by atoms with E-state index in [4.69, 9.17) is 4.74 Å². The minimum Gasteiger partial charge on any atom is -0.396 e. The Bertz CT molecular complexity index is 270. The van der Waals surface area contributed by atoms with Gasteiger partial charge in [0.2, 0.25) is 0 Å². The van der Waals surface area contributed by atoms with E-state index >= 15 is 0 Å². The summed E-state index contributed by atoms with van der Waals surface area (Å²) >= 11 is 0. The Morgan fingerprint density at radius 3 is 2.50 bits per heavy atom. The van der Waals surface area contributed by atoms with Crippen molar-refractivity contribution in [3.05, 3.63) is 0 Å². The summed E-state index contributed by atoms with van der Waals surface area (Å²) in [6.07, 6.45) is 4.91. The van der Waals surface area contributed by atoms with Crippen molar-refractivity contribution in [1.29, 1.82) is 0 Å². The molecule has 0 radical (unpaired) electrons. The van der Waals surface area contributed by atoms with Crippen LogP contribution < -0.4 is 0 Å². The smallest absolute Gasteiger partial charge is 0.0753 e. The monoisotopic (exact) mass is 255 g/mol. The van der Waals surface area contributed by atoms with Gasteiger partial charge in [0.05, 0.1) is 12.2 Å². The maximum Gasteiger partial charge on any atom is 0.0753 e. The first-order valence-corrected chi connectivity index (χ1v) is 7.42. The first-order valence-electron chi connectivity index (χ1n) is 7.42. The van der Waals surface area contributed by atoms with Crippen molar-refractivity contribution in [1.82, 2.24) is 4.90 Å². The van der Waals surface area contributed by atoms with Crippen LogP contribution in [0.25, 0.3) is 0 Å². The molecule has 1 heterocycles. The van der Waals surface area contributed by atoms with Crippen LogP contribution in [0.2, 0.25) is 0 Å². The molecule has 1 saturated heterocycles. The molecule has 0 bridgehead atoms. The van der Waals surface area contributed by atoms with E-state index in [0.29, 0.717) is 6.61 Å². The van der Waals surface area contributed by atoms with Gasteiger partial charge in [0.15, 0.2) is 0 Å². The molecule has 2 rings (SSSR count). The Morgan fingerprint density at radius 1 is 1.28 bits per heavy atom. The molecule has 2 fully saturated rings. The molecule has 3 nitrogen and oxygen atoms in total. The highest BCUT2D eigenvalue weighted by Gasteiger charge is 2.37. The zero-order chi connectivity index (χ0) is 13.2. The van der Waals surface area contributed by atoms with Crippen molar-refractivity contribution in [3.63, 3.8) is 0 Å². The summed E-state index contributed by atoms with van der Waals surface area (Å²) in [6.45, 7) is 10.9. The van der Waals surface area contributed by atoms with Gasteiger partial charge in [-0.1, -0.05) is 19.8 Å². The van der Waals surface area contributed by atoms with Crippen LogP contribution in [0.5, 0.6) is 0 Å². The van der Waals surface area contributed by atoms with Crippen molar-refractivity contribution >= 4 is 0 Å². The van der Waals surface area contributed by atoms with Crippen LogP contribution in [0.1, 0.15) is 46.5 Å². The molecule has 0 aromatic carbocycles. The van der Waals surface area contributed by atoms with Crippen LogP contribution in [0.4, 0.5) is 0 Å². The number of ether oxygens (including phenoxy) is 1.